The fraction of sp³-hybridized carbons (Fsp3) is 0.600. The molecule has 2 amide bonds. The van der Waals surface area contributed by atoms with E-state index in [4.69, 9.17) is 9.52 Å². The van der Waals surface area contributed by atoms with Crippen molar-refractivity contribution in [2.24, 2.45) is 5.41 Å². The monoisotopic (exact) mass is 312 g/mol. The Kier molecular flexibility index (Phi) is 7.07. The van der Waals surface area contributed by atoms with Gasteiger partial charge in [-0.3, -0.25) is 9.59 Å². The number of rotatable bonds is 9. The summed E-state index contributed by atoms with van der Waals surface area (Å²) in [6.45, 7) is 3.37. The third-order valence-corrected chi connectivity index (χ3v) is 3.32. The Hall–Kier alpha value is -1.86. The third kappa shape index (κ3) is 5.87. The van der Waals surface area contributed by atoms with Crippen molar-refractivity contribution in [2.45, 2.75) is 32.8 Å². The van der Waals surface area contributed by atoms with Gasteiger partial charge in [0.15, 0.2) is 0 Å². The molecule has 1 aromatic rings. The molecule has 0 radical (unpaired) electrons. The standard InChI is InChI=1S/C15H24N2O5/c1-15(2,10-18)13(20)14(21)17-8-7-16-12(19)6-5-11-4-3-9-22-11/h3-4,9,13,18,20H,5-8,10H2,1-2H3,(H,16,19)(H,17,21)/t13-/m0/s1. The SMILES string of the molecule is CC(C)(CO)[C@@H](O)C(=O)NCCNC(=O)CCc1ccco1. The largest absolute Gasteiger partial charge is 0.469 e. The van der Waals surface area contributed by atoms with Crippen molar-refractivity contribution in [3.8, 4) is 0 Å². The van der Waals surface area contributed by atoms with Crippen LogP contribution in [0.3, 0.4) is 0 Å². The number of nitrogens with one attached hydrogen (secondary N) is 2. The summed E-state index contributed by atoms with van der Waals surface area (Å²) in [4.78, 5) is 23.3. The number of amides is 2. The van der Waals surface area contributed by atoms with E-state index in [0.29, 0.717) is 12.8 Å². The number of aliphatic hydroxyl groups excluding tert-OH is 2. The van der Waals surface area contributed by atoms with Crippen molar-refractivity contribution in [1.29, 1.82) is 0 Å². The van der Waals surface area contributed by atoms with E-state index in [2.05, 4.69) is 10.6 Å². The van der Waals surface area contributed by atoms with E-state index in [1.807, 2.05) is 0 Å². The number of carbonyl (C=O) groups excluding carboxylic acids is 2. The van der Waals surface area contributed by atoms with Crippen LogP contribution in [0.4, 0.5) is 0 Å². The Morgan fingerprint density at radius 2 is 2.00 bits per heavy atom. The molecule has 1 heterocycles. The van der Waals surface area contributed by atoms with E-state index < -0.39 is 17.4 Å². The Balaban J connectivity index is 2.16. The van der Waals surface area contributed by atoms with Crippen LogP contribution in [0.5, 0.6) is 0 Å². The highest BCUT2D eigenvalue weighted by molar-refractivity contribution is 5.81. The quantitative estimate of drug-likeness (QED) is 0.473. The molecule has 7 nitrogen and oxygen atoms in total. The highest BCUT2D eigenvalue weighted by Gasteiger charge is 2.32. The van der Waals surface area contributed by atoms with Gasteiger partial charge < -0.3 is 25.3 Å². The van der Waals surface area contributed by atoms with E-state index in [-0.39, 0.29) is 25.6 Å². The number of hydrogen-bond donors (Lipinski definition) is 4. The van der Waals surface area contributed by atoms with Crippen molar-refractivity contribution in [2.75, 3.05) is 19.7 Å². The summed E-state index contributed by atoms with van der Waals surface area (Å²) in [6.07, 6.45) is 1.09. The summed E-state index contributed by atoms with van der Waals surface area (Å²) in [7, 11) is 0. The molecule has 0 bridgehead atoms. The average molecular weight is 312 g/mol. The van der Waals surface area contributed by atoms with Gasteiger partial charge in [-0.1, -0.05) is 13.8 Å². The van der Waals surface area contributed by atoms with Crippen molar-refractivity contribution >= 4 is 11.8 Å². The molecule has 0 aliphatic rings. The zero-order valence-electron chi connectivity index (χ0n) is 13.0. The van der Waals surface area contributed by atoms with Gasteiger partial charge in [0.25, 0.3) is 0 Å². The first-order chi connectivity index (χ1) is 10.4. The van der Waals surface area contributed by atoms with E-state index in [9.17, 15) is 14.7 Å². The molecule has 0 aliphatic heterocycles. The molecule has 0 aromatic carbocycles. The van der Waals surface area contributed by atoms with Crippen LogP contribution in [0.1, 0.15) is 26.0 Å². The molecule has 1 atom stereocenters. The van der Waals surface area contributed by atoms with Crippen molar-refractivity contribution in [3.05, 3.63) is 24.2 Å². The van der Waals surface area contributed by atoms with Crippen molar-refractivity contribution < 1.29 is 24.2 Å². The molecule has 0 spiro atoms. The molecule has 0 fully saturated rings. The average Bonchev–Trinajstić information content (AvgIpc) is 3.01. The second kappa shape index (κ2) is 8.55. The molecule has 4 N–H and O–H groups in total. The zero-order valence-corrected chi connectivity index (χ0v) is 13.0. The molecule has 7 heteroatoms. The van der Waals surface area contributed by atoms with Gasteiger partial charge in [0.1, 0.15) is 11.9 Å². The van der Waals surface area contributed by atoms with Gasteiger partial charge in [0.05, 0.1) is 12.9 Å². The van der Waals surface area contributed by atoms with Crippen LogP contribution in [0.2, 0.25) is 0 Å². The first kappa shape index (κ1) is 18.2. The molecule has 0 saturated heterocycles. The lowest BCUT2D eigenvalue weighted by Gasteiger charge is -2.27. The molecule has 0 saturated carbocycles. The fourth-order valence-electron chi connectivity index (χ4n) is 1.71. The number of carbonyl (C=O) groups is 2. The van der Waals surface area contributed by atoms with Crippen LogP contribution >= 0.6 is 0 Å². The van der Waals surface area contributed by atoms with Crippen LogP contribution in [-0.4, -0.2) is 47.8 Å². The minimum Gasteiger partial charge on any atom is -0.469 e. The summed E-state index contributed by atoms with van der Waals surface area (Å²) in [5.74, 6) is 0.0450. The lowest BCUT2D eigenvalue weighted by Crippen LogP contribution is -2.47. The van der Waals surface area contributed by atoms with Gasteiger partial charge >= 0.3 is 0 Å². The summed E-state index contributed by atoms with van der Waals surface area (Å²) in [5.41, 5.74) is -0.906. The summed E-state index contributed by atoms with van der Waals surface area (Å²) in [5, 5.41) is 24.0. The van der Waals surface area contributed by atoms with E-state index in [0.717, 1.165) is 5.76 Å². The predicted molar refractivity (Wildman–Crippen MR) is 79.9 cm³/mol. The van der Waals surface area contributed by atoms with Gasteiger partial charge in [-0.25, -0.2) is 0 Å². The van der Waals surface area contributed by atoms with Gasteiger partial charge in [-0.05, 0) is 12.1 Å². The fourth-order valence-corrected chi connectivity index (χ4v) is 1.71. The molecule has 1 rings (SSSR count). The topological polar surface area (TPSA) is 112 Å². The Morgan fingerprint density at radius 3 is 2.59 bits per heavy atom. The van der Waals surface area contributed by atoms with Crippen LogP contribution in [0.25, 0.3) is 0 Å². The Labute approximate surface area is 129 Å². The normalized spacial score (nSPS) is 12.7. The van der Waals surface area contributed by atoms with E-state index in [1.54, 1.807) is 32.2 Å². The molecular formula is C15H24N2O5. The number of aryl methyl sites for hydroxylation is 1. The van der Waals surface area contributed by atoms with Gasteiger partial charge in [0, 0.05) is 31.3 Å². The highest BCUT2D eigenvalue weighted by atomic mass is 16.3. The lowest BCUT2D eigenvalue weighted by atomic mass is 9.87. The molecule has 0 unspecified atom stereocenters. The van der Waals surface area contributed by atoms with Crippen LogP contribution < -0.4 is 10.6 Å². The Bertz CT molecular complexity index is 470. The van der Waals surface area contributed by atoms with E-state index in [1.165, 1.54) is 0 Å². The van der Waals surface area contributed by atoms with Gasteiger partial charge in [0.2, 0.25) is 11.8 Å². The van der Waals surface area contributed by atoms with E-state index >= 15 is 0 Å². The number of aliphatic hydroxyl groups is 2. The predicted octanol–water partition coefficient (Wildman–Crippen LogP) is -0.176. The summed E-state index contributed by atoms with van der Waals surface area (Å²) < 4.78 is 5.12. The van der Waals surface area contributed by atoms with Crippen LogP contribution in [0, 0.1) is 5.41 Å². The maximum absolute atomic E-state index is 11.7. The van der Waals surface area contributed by atoms with Crippen molar-refractivity contribution in [3.63, 3.8) is 0 Å². The number of furan rings is 1. The maximum atomic E-state index is 11.7. The van der Waals surface area contributed by atoms with Gasteiger partial charge in [-0.15, -0.1) is 0 Å². The summed E-state index contributed by atoms with van der Waals surface area (Å²) in [6, 6.07) is 3.57. The maximum Gasteiger partial charge on any atom is 0.249 e. The second-order valence-electron chi connectivity index (χ2n) is 5.77. The minimum atomic E-state index is -1.30. The Morgan fingerprint density at radius 1 is 1.32 bits per heavy atom. The smallest absolute Gasteiger partial charge is 0.249 e. The lowest BCUT2D eigenvalue weighted by molar-refractivity contribution is -0.137. The molecule has 22 heavy (non-hydrogen) atoms. The third-order valence-electron chi connectivity index (χ3n) is 3.32. The highest BCUT2D eigenvalue weighted by Crippen LogP contribution is 2.19. The minimum absolute atomic E-state index is 0.137. The van der Waals surface area contributed by atoms with Gasteiger partial charge in [-0.2, -0.15) is 0 Å². The van der Waals surface area contributed by atoms with Crippen molar-refractivity contribution in [1.82, 2.24) is 10.6 Å². The molecule has 124 valence electrons. The molecular weight excluding hydrogens is 288 g/mol. The second-order valence-corrected chi connectivity index (χ2v) is 5.77. The first-order valence-corrected chi connectivity index (χ1v) is 7.22. The number of hydrogen-bond acceptors (Lipinski definition) is 5. The molecule has 1 aromatic heterocycles. The molecule has 0 aliphatic carbocycles. The van der Waals surface area contributed by atoms with Crippen LogP contribution in [-0.2, 0) is 16.0 Å². The van der Waals surface area contributed by atoms with Crippen LogP contribution in [0.15, 0.2) is 22.8 Å². The first-order valence-electron chi connectivity index (χ1n) is 7.22. The zero-order chi connectivity index (χ0) is 16.6. The summed E-state index contributed by atoms with van der Waals surface area (Å²) >= 11 is 0.